The third-order valence-corrected chi connectivity index (χ3v) is 5.50. The molecule has 3 rings (SSSR count). The van der Waals surface area contributed by atoms with Gasteiger partial charge in [-0.15, -0.1) is 0 Å². The van der Waals surface area contributed by atoms with Gasteiger partial charge in [-0.2, -0.15) is 4.98 Å². The van der Waals surface area contributed by atoms with Crippen LogP contribution < -0.4 is 17.2 Å². The molecule has 0 amide bonds. The number of phosphoric acid groups is 1. The Balaban J connectivity index is 1.90. The predicted molar refractivity (Wildman–Crippen MR) is 84.1 cm³/mol. The zero-order chi connectivity index (χ0) is 17.7. The van der Waals surface area contributed by atoms with Gasteiger partial charge in [0.15, 0.2) is 6.23 Å². The molecular formula is C13H21N4O6P. The van der Waals surface area contributed by atoms with Crippen molar-refractivity contribution < 1.29 is 22.9 Å². The Morgan fingerprint density at radius 1 is 1.54 bits per heavy atom. The third kappa shape index (κ3) is 3.01. The SMILES string of the molecule is CC(C)OP1(=O)OCC2OC(n3ccc(N)nc3=O)C(C)(N)C2O1. The van der Waals surface area contributed by atoms with Crippen LogP contribution in [0.15, 0.2) is 17.1 Å². The lowest BCUT2D eigenvalue weighted by Gasteiger charge is -2.36. The Morgan fingerprint density at radius 2 is 2.25 bits per heavy atom. The average Bonchev–Trinajstić information content (AvgIpc) is 2.69. The zero-order valence-electron chi connectivity index (χ0n) is 13.6. The molecule has 2 fully saturated rings. The fourth-order valence-electron chi connectivity index (χ4n) is 2.85. The van der Waals surface area contributed by atoms with Gasteiger partial charge in [0.25, 0.3) is 0 Å². The Labute approximate surface area is 138 Å². The van der Waals surface area contributed by atoms with Crippen LogP contribution in [0.25, 0.3) is 0 Å². The van der Waals surface area contributed by atoms with E-state index < -0.39 is 37.5 Å². The minimum atomic E-state index is -3.74. The molecule has 11 heteroatoms. The van der Waals surface area contributed by atoms with Crippen LogP contribution in [0, 0.1) is 0 Å². The summed E-state index contributed by atoms with van der Waals surface area (Å²) in [6.07, 6.45) is -1.14. The van der Waals surface area contributed by atoms with Gasteiger partial charge >= 0.3 is 13.5 Å². The molecule has 4 N–H and O–H groups in total. The van der Waals surface area contributed by atoms with Crippen LogP contribution >= 0.6 is 7.82 Å². The normalized spacial score (nSPS) is 39.1. The molecule has 0 saturated carbocycles. The molecule has 3 heterocycles. The minimum absolute atomic E-state index is 0.0187. The number of aromatic nitrogens is 2. The highest BCUT2D eigenvalue weighted by molar-refractivity contribution is 7.48. The van der Waals surface area contributed by atoms with Crippen molar-refractivity contribution in [1.29, 1.82) is 0 Å². The molecule has 2 aliphatic heterocycles. The van der Waals surface area contributed by atoms with Gasteiger partial charge in [0.2, 0.25) is 0 Å². The van der Waals surface area contributed by atoms with E-state index in [4.69, 9.17) is 29.8 Å². The zero-order valence-corrected chi connectivity index (χ0v) is 14.5. The van der Waals surface area contributed by atoms with Crippen LogP contribution in [0.2, 0.25) is 0 Å². The number of nitrogens with zero attached hydrogens (tertiary/aromatic N) is 2. The average molecular weight is 360 g/mol. The molecule has 5 unspecified atom stereocenters. The number of nitrogen functional groups attached to an aromatic ring is 1. The summed E-state index contributed by atoms with van der Waals surface area (Å²) < 4.78 is 35.6. The Kier molecular flexibility index (Phi) is 4.31. The van der Waals surface area contributed by atoms with E-state index in [1.807, 2.05) is 0 Å². The number of phosphoric ester groups is 1. The van der Waals surface area contributed by atoms with Gasteiger partial charge in [0.05, 0.1) is 18.2 Å². The minimum Gasteiger partial charge on any atom is -0.383 e. The van der Waals surface area contributed by atoms with E-state index in [0.29, 0.717) is 0 Å². The lowest BCUT2D eigenvalue weighted by atomic mass is 9.93. The number of nitrogens with two attached hydrogens (primary N) is 2. The van der Waals surface area contributed by atoms with Gasteiger partial charge in [0.1, 0.15) is 18.0 Å². The van der Waals surface area contributed by atoms with Crippen LogP contribution in [-0.2, 0) is 22.9 Å². The molecule has 24 heavy (non-hydrogen) atoms. The highest BCUT2D eigenvalue weighted by Crippen LogP contribution is 2.58. The Morgan fingerprint density at radius 3 is 2.88 bits per heavy atom. The highest BCUT2D eigenvalue weighted by Gasteiger charge is 2.59. The van der Waals surface area contributed by atoms with Crippen molar-refractivity contribution in [3.05, 3.63) is 22.7 Å². The summed E-state index contributed by atoms with van der Waals surface area (Å²) in [5.41, 5.74) is 10.1. The van der Waals surface area contributed by atoms with Crippen LogP contribution in [-0.4, -0.2) is 40.0 Å². The van der Waals surface area contributed by atoms with Crippen molar-refractivity contribution in [2.24, 2.45) is 5.73 Å². The standard InChI is InChI=1S/C13H21N4O6P/c1-7(2)22-24(19)20-6-8-10(23-24)13(3,15)11(21-8)17-5-4-9(14)16-12(17)18/h4-5,7-8,10-11H,6,15H2,1-3H3,(H2,14,16,18). The summed E-state index contributed by atoms with van der Waals surface area (Å²) in [5.74, 6) is 0.0970. The van der Waals surface area contributed by atoms with Crippen LogP contribution in [0.5, 0.6) is 0 Å². The smallest absolute Gasteiger partial charge is 0.383 e. The van der Waals surface area contributed by atoms with Crippen molar-refractivity contribution in [1.82, 2.24) is 9.55 Å². The molecule has 1 aromatic heterocycles. The first kappa shape index (κ1) is 17.5. The fourth-order valence-corrected chi connectivity index (χ4v) is 4.51. The highest BCUT2D eigenvalue weighted by atomic mass is 31.2. The van der Waals surface area contributed by atoms with Gasteiger partial charge in [-0.25, -0.2) is 9.36 Å². The molecule has 0 spiro atoms. The van der Waals surface area contributed by atoms with Crippen molar-refractivity contribution >= 4 is 13.6 Å². The van der Waals surface area contributed by atoms with E-state index in [2.05, 4.69) is 4.98 Å². The van der Waals surface area contributed by atoms with Crippen molar-refractivity contribution in [2.75, 3.05) is 12.3 Å². The molecule has 0 aliphatic carbocycles. The fraction of sp³-hybridized carbons (Fsp3) is 0.692. The Hall–Kier alpha value is -1.29. The van der Waals surface area contributed by atoms with Gasteiger partial charge in [-0.05, 0) is 26.8 Å². The summed E-state index contributed by atoms with van der Waals surface area (Å²) in [6, 6.07) is 1.47. The molecule has 0 aromatic carbocycles. The maximum absolute atomic E-state index is 12.6. The van der Waals surface area contributed by atoms with E-state index in [0.717, 1.165) is 0 Å². The largest absolute Gasteiger partial charge is 0.475 e. The maximum Gasteiger partial charge on any atom is 0.475 e. The maximum atomic E-state index is 12.6. The molecule has 134 valence electrons. The second-order valence-corrected chi connectivity index (χ2v) is 7.93. The quantitative estimate of drug-likeness (QED) is 0.732. The van der Waals surface area contributed by atoms with E-state index in [9.17, 15) is 9.36 Å². The molecule has 0 bridgehead atoms. The molecule has 2 aliphatic rings. The molecule has 0 radical (unpaired) electrons. The van der Waals surface area contributed by atoms with Gasteiger partial charge in [-0.1, -0.05) is 0 Å². The summed E-state index contributed by atoms with van der Waals surface area (Å²) in [4.78, 5) is 15.7. The van der Waals surface area contributed by atoms with E-state index in [1.54, 1.807) is 20.8 Å². The van der Waals surface area contributed by atoms with Crippen molar-refractivity contribution in [3.8, 4) is 0 Å². The topological polar surface area (TPSA) is 141 Å². The molecule has 5 atom stereocenters. The molecular weight excluding hydrogens is 339 g/mol. The van der Waals surface area contributed by atoms with Crippen LogP contribution in [0.1, 0.15) is 27.0 Å². The number of ether oxygens (including phenoxy) is 1. The van der Waals surface area contributed by atoms with E-state index in [1.165, 1.54) is 16.8 Å². The summed E-state index contributed by atoms with van der Waals surface area (Å²) in [7, 11) is -3.74. The summed E-state index contributed by atoms with van der Waals surface area (Å²) in [5, 5.41) is 0. The Bertz CT molecular complexity index is 735. The number of fused-ring (bicyclic) bond motifs is 1. The van der Waals surface area contributed by atoms with E-state index in [-0.39, 0.29) is 18.5 Å². The van der Waals surface area contributed by atoms with E-state index >= 15 is 0 Å². The lowest BCUT2D eigenvalue weighted by Crippen LogP contribution is -2.55. The molecule has 10 nitrogen and oxygen atoms in total. The first-order valence-electron chi connectivity index (χ1n) is 7.53. The number of hydrogen-bond acceptors (Lipinski definition) is 9. The summed E-state index contributed by atoms with van der Waals surface area (Å²) in [6.45, 7) is 5.06. The summed E-state index contributed by atoms with van der Waals surface area (Å²) >= 11 is 0. The second-order valence-electron chi connectivity index (χ2n) is 6.36. The van der Waals surface area contributed by atoms with Crippen molar-refractivity contribution in [3.63, 3.8) is 0 Å². The molecule has 1 aromatic rings. The monoisotopic (exact) mass is 360 g/mol. The van der Waals surface area contributed by atoms with Gasteiger partial charge in [-0.3, -0.25) is 18.1 Å². The molecule has 2 saturated heterocycles. The first-order chi connectivity index (χ1) is 11.1. The number of anilines is 1. The number of hydrogen-bond donors (Lipinski definition) is 2. The van der Waals surface area contributed by atoms with Gasteiger partial charge in [0, 0.05) is 6.20 Å². The van der Waals surface area contributed by atoms with Gasteiger partial charge < -0.3 is 16.2 Å². The lowest BCUT2D eigenvalue weighted by molar-refractivity contribution is -0.0748. The van der Waals surface area contributed by atoms with Crippen LogP contribution in [0.4, 0.5) is 5.82 Å². The first-order valence-corrected chi connectivity index (χ1v) is 8.99. The van der Waals surface area contributed by atoms with Crippen molar-refractivity contribution in [2.45, 2.75) is 50.8 Å². The number of rotatable bonds is 3. The predicted octanol–water partition coefficient (Wildman–Crippen LogP) is 0.389. The third-order valence-electron chi connectivity index (χ3n) is 3.87. The second kappa shape index (κ2) is 5.91. The van der Waals surface area contributed by atoms with Crippen LogP contribution in [0.3, 0.4) is 0 Å².